The molecule has 0 aromatic heterocycles. The normalized spacial score (nSPS) is 15.4. The van der Waals surface area contributed by atoms with Gasteiger partial charge in [-0.05, 0) is 68.2 Å². The average Bonchev–Trinajstić information content (AvgIpc) is 2.80. The minimum absolute atomic E-state index is 0.0952. The quantitative estimate of drug-likeness (QED) is 0.151. The van der Waals surface area contributed by atoms with Crippen molar-refractivity contribution >= 4 is 29.6 Å². The second-order valence-corrected chi connectivity index (χ2v) is 9.66. The van der Waals surface area contributed by atoms with Crippen molar-refractivity contribution in [3.63, 3.8) is 0 Å². The van der Waals surface area contributed by atoms with E-state index in [1.807, 2.05) is 25.2 Å². The molecule has 1 amide bonds. The zero-order valence-electron chi connectivity index (χ0n) is 18.0. The van der Waals surface area contributed by atoms with E-state index in [4.69, 9.17) is 4.74 Å². The Morgan fingerprint density at radius 1 is 1.15 bits per heavy atom. The summed E-state index contributed by atoms with van der Waals surface area (Å²) in [6.07, 6.45) is -3.06. The van der Waals surface area contributed by atoms with Gasteiger partial charge in [0.15, 0.2) is 0 Å². The molecule has 0 unspecified atom stereocenters. The maximum atomic E-state index is 12.7. The third-order valence-electron chi connectivity index (χ3n) is 5.04. The van der Waals surface area contributed by atoms with Crippen LogP contribution in [0.1, 0.15) is 28.8 Å². The topological polar surface area (TPSA) is 73.8 Å². The molecule has 6 nitrogen and oxygen atoms in total. The van der Waals surface area contributed by atoms with Crippen LogP contribution in [0.3, 0.4) is 0 Å². The maximum Gasteiger partial charge on any atom is 0.416 e. The number of thioether (sulfide) groups is 1. The van der Waals surface area contributed by atoms with Crippen molar-refractivity contribution in [2.45, 2.75) is 34.9 Å². The Morgan fingerprint density at radius 3 is 2.42 bits per heavy atom. The lowest BCUT2D eigenvalue weighted by Crippen LogP contribution is -2.34. The van der Waals surface area contributed by atoms with Crippen LogP contribution in [0, 0.1) is 0 Å². The molecule has 1 saturated heterocycles. The van der Waals surface area contributed by atoms with Gasteiger partial charge in [0.05, 0.1) is 11.1 Å². The van der Waals surface area contributed by atoms with Crippen molar-refractivity contribution < 1.29 is 27.9 Å². The number of amides is 1. The number of carbonyl (C=O) groups excluding carboxylic acids is 1. The molecule has 1 fully saturated rings. The monoisotopic (exact) mass is 501 g/mol. The molecule has 1 heterocycles. The number of benzene rings is 2. The highest BCUT2D eigenvalue weighted by Crippen LogP contribution is 2.35. The predicted molar refractivity (Wildman–Crippen MR) is 123 cm³/mol. The first-order chi connectivity index (χ1) is 15.8. The summed E-state index contributed by atoms with van der Waals surface area (Å²) in [5.41, 5.74) is 1.49. The summed E-state index contributed by atoms with van der Waals surface area (Å²) in [5.74, 6) is 0.649. The fourth-order valence-corrected chi connectivity index (χ4v) is 5.56. The minimum atomic E-state index is -4.37. The smallest absolute Gasteiger partial charge is 0.416 e. The van der Waals surface area contributed by atoms with E-state index in [0.29, 0.717) is 37.2 Å². The molecule has 0 radical (unpaired) electrons. The third kappa shape index (κ3) is 7.28. The molecule has 33 heavy (non-hydrogen) atoms. The summed E-state index contributed by atoms with van der Waals surface area (Å²) in [6, 6.07) is 10.3. The molecule has 180 valence electrons. The van der Waals surface area contributed by atoms with Gasteiger partial charge in [-0.2, -0.15) is 13.2 Å². The number of hydrogen-bond acceptors (Lipinski definition) is 7. The van der Waals surface area contributed by atoms with Gasteiger partial charge in [0.1, 0.15) is 11.9 Å². The van der Waals surface area contributed by atoms with E-state index in [2.05, 4.69) is 9.62 Å². The third-order valence-corrected chi connectivity index (χ3v) is 7.26. The van der Waals surface area contributed by atoms with Crippen LogP contribution in [0.2, 0.25) is 0 Å². The van der Waals surface area contributed by atoms with Crippen LogP contribution in [0.4, 0.5) is 13.2 Å². The zero-order valence-corrected chi connectivity index (χ0v) is 19.7. The van der Waals surface area contributed by atoms with Gasteiger partial charge in [-0.15, -0.1) is 11.8 Å². The number of ether oxygens (including phenoxy) is 1. The van der Waals surface area contributed by atoms with Gasteiger partial charge in [-0.3, -0.25) is 10.0 Å². The van der Waals surface area contributed by atoms with Crippen LogP contribution in [-0.2, 0) is 6.18 Å². The Labute approximate surface area is 199 Å². The Bertz CT molecular complexity index is 921. The van der Waals surface area contributed by atoms with Crippen molar-refractivity contribution in [2.24, 2.45) is 0 Å². The molecule has 2 aromatic rings. The molecule has 0 atom stereocenters. The number of carbonyl (C=O) groups is 1. The van der Waals surface area contributed by atoms with E-state index in [-0.39, 0.29) is 6.10 Å². The molecular formula is C22H26F3N3O3S2. The molecule has 0 spiro atoms. The van der Waals surface area contributed by atoms with Crippen LogP contribution in [-0.4, -0.2) is 54.0 Å². The Morgan fingerprint density at radius 2 is 1.82 bits per heavy atom. The van der Waals surface area contributed by atoms with E-state index in [1.54, 1.807) is 5.48 Å². The number of hydroxylamine groups is 1. The number of piperidine rings is 1. The summed E-state index contributed by atoms with van der Waals surface area (Å²) < 4.78 is 46.1. The summed E-state index contributed by atoms with van der Waals surface area (Å²) in [6.45, 7) is 2.16. The SMILES string of the molecule is CNCCSc1cccc(SN2CCC(Oc3ccc(C(F)(F)F)cc3)CC2)c1C(=O)NO. The lowest BCUT2D eigenvalue weighted by molar-refractivity contribution is -0.137. The number of rotatable bonds is 9. The van der Waals surface area contributed by atoms with E-state index in [0.717, 1.165) is 34.2 Å². The highest BCUT2D eigenvalue weighted by molar-refractivity contribution is 7.99. The molecule has 3 N–H and O–H groups in total. The molecule has 0 bridgehead atoms. The lowest BCUT2D eigenvalue weighted by Gasteiger charge is -2.31. The molecule has 1 aliphatic rings. The summed E-state index contributed by atoms with van der Waals surface area (Å²) in [4.78, 5) is 13.9. The number of nitrogens with one attached hydrogen (secondary N) is 2. The summed E-state index contributed by atoms with van der Waals surface area (Å²) in [5, 5.41) is 12.3. The zero-order chi connectivity index (χ0) is 23.8. The van der Waals surface area contributed by atoms with Crippen molar-refractivity contribution in [1.29, 1.82) is 0 Å². The van der Waals surface area contributed by atoms with Gasteiger partial charge >= 0.3 is 6.18 Å². The minimum Gasteiger partial charge on any atom is -0.490 e. The number of nitrogens with zero attached hydrogens (tertiary/aromatic N) is 1. The van der Waals surface area contributed by atoms with Crippen molar-refractivity contribution in [3.05, 3.63) is 53.6 Å². The molecule has 0 aliphatic carbocycles. The first-order valence-corrected chi connectivity index (χ1v) is 12.2. The summed E-state index contributed by atoms with van der Waals surface area (Å²) >= 11 is 2.99. The standard InChI is InChI=1S/C22H26F3N3O3S2/c1-26-11-14-32-18-3-2-4-19(20(18)21(29)27-30)33-28-12-9-17(10-13-28)31-16-7-5-15(6-8-16)22(23,24)25/h2-8,17,26,30H,9-14H2,1H3,(H,27,29). The van der Waals surface area contributed by atoms with Gasteiger partial charge in [-0.1, -0.05) is 6.07 Å². The largest absolute Gasteiger partial charge is 0.490 e. The first kappa shape index (κ1) is 25.7. The maximum absolute atomic E-state index is 12.7. The number of hydrogen-bond donors (Lipinski definition) is 3. The molecule has 0 saturated carbocycles. The van der Waals surface area contributed by atoms with Gasteiger partial charge < -0.3 is 10.1 Å². The highest BCUT2D eigenvalue weighted by Gasteiger charge is 2.30. The van der Waals surface area contributed by atoms with Crippen LogP contribution in [0.25, 0.3) is 0 Å². The second kappa shape index (κ2) is 12.0. The van der Waals surface area contributed by atoms with Gasteiger partial charge in [-0.25, -0.2) is 9.79 Å². The molecule has 11 heteroatoms. The lowest BCUT2D eigenvalue weighted by atomic mass is 10.1. The molecule has 2 aromatic carbocycles. The first-order valence-electron chi connectivity index (χ1n) is 10.4. The van der Waals surface area contributed by atoms with Gasteiger partial charge in [0, 0.05) is 35.2 Å². The van der Waals surface area contributed by atoms with E-state index in [9.17, 15) is 23.2 Å². The fourth-order valence-electron chi connectivity index (χ4n) is 3.35. The second-order valence-electron chi connectivity index (χ2n) is 7.38. The van der Waals surface area contributed by atoms with E-state index in [1.165, 1.54) is 35.8 Å². The molecular weight excluding hydrogens is 475 g/mol. The van der Waals surface area contributed by atoms with Crippen molar-refractivity contribution in [3.8, 4) is 5.75 Å². The van der Waals surface area contributed by atoms with Crippen LogP contribution >= 0.6 is 23.7 Å². The van der Waals surface area contributed by atoms with Crippen LogP contribution < -0.4 is 15.5 Å². The number of halogens is 3. The Kier molecular flexibility index (Phi) is 9.33. The van der Waals surface area contributed by atoms with Crippen molar-refractivity contribution in [2.75, 3.05) is 32.4 Å². The fraction of sp³-hybridized carbons (Fsp3) is 0.409. The molecule has 1 aliphatic heterocycles. The number of alkyl halides is 3. The Hall–Kier alpha value is -1.92. The average molecular weight is 502 g/mol. The van der Waals surface area contributed by atoms with Gasteiger partial charge in [0.25, 0.3) is 5.91 Å². The predicted octanol–water partition coefficient (Wildman–Crippen LogP) is 4.69. The van der Waals surface area contributed by atoms with Gasteiger partial charge in [0.2, 0.25) is 0 Å². The van der Waals surface area contributed by atoms with Crippen LogP contribution in [0.5, 0.6) is 5.75 Å². The van der Waals surface area contributed by atoms with Crippen LogP contribution in [0.15, 0.2) is 52.3 Å². The highest BCUT2D eigenvalue weighted by atomic mass is 32.2. The molecule has 3 rings (SSSR count). The van der Waals surface area contributed by atoms with Crippen molar-refractivity contribution in [1.82, 2.24) is 15.1 Å². The van der Waals surface area contributed by atoms with E-state index >= 15 is 0 Å². The summed E-state index contributed by atoms with van der Waals surface area (Å²) in [7, 11) is 1.86. The van der Waals surface area contributed by atoms with E-state index < -0.39 is 17.6 Å². The Balaban J connectivity index is 1.59.